The first-order valence-corrected chi connectivity index (χ1v) is 11.0. The molecule has 0 aliphatic rings. The van der Waals surface area contributed by atoms with Gasteiger partial charge >= 0.3 is 6.03 Å². The first-order chi connectivity index (χ1) is 18.0. The third-order valence-electron chi connectivity index (χ3n) is 5.14. The Balaban J connectivity index is 2.11. The molecule has 0 aromatic heterocycles. The molecule has 2 aromatic rings. The van der Waals surface area contributed by atoms with Crippen molar-refractivity contribution >= 4 is 29.4 Å². The lowest BCUT2D eigenvalue weighted by molar-refractivity contribution is -0.137. The lowest BCUT2D eigenvalue weighted by Gasteiger charge is -2.36. The van der Waals surface area contributed by atoms with Gasteiger partial charge < -0.3 is 21.3 Å². The number of alkyl halides is 2. The molecule has 5 amide bonds. The number of hydroxylamine groups is 1. The Hall–Kier alpha value is -4.94. The van der Waals surface area contributed by atoms with Crippen LogP contribution in [-0.2, 0) is 9.59 Å². The molecular formula is C26H25F2N5O5. The summed E-state index contributed by atoms with van der Waals surface area (Å²) in [5, 5.41) is 18.1. The molecule has 12 heteroatoms. The number of rotatable bonds is 7. The molecule has 0 heterocycles. The summed E-state index contributed by atoms with van der Waals surface area (Å²) in [4.78, 5) is 47.4. The molecular weight excluding hydrogens is 500 g/mol. The Kier molecular flexibility index (Phi) is 10.3. The van der Waals surface area contributed by atoms with Crippen LogP contribution in [0.2, 0.25) is 0 Å². The molecule has 38 heavy (non-hydrogen) atoms. The van der Waals surface area contributed by atoms with E-state index >= 15 is 0 Å². The largest absolute Gasteiger partial charge is 0.343 e. The molecule has 0 fully saturated rings. The predicted molar refractivity (Wildman–Crippen MR) is 134 cm³/mol. The number of carbonyl (C=O) groups excluding carboxylic acids is 4. The maximum atomic E-state index is 13.8. The Morgan fingerprint density at radius 2 is 1.45 bits per heavy atom. The number of nitrogens with one attached hydrogen (secondary N) is 5. The molecule has 2 aromatic carbocycles. The fourth-order valence-electron chi connectivity index (χ4n) is 3.14. The lowest BCUT2D eigenvalue weighted by atomic mass is 9.91. The molecule has 0 bridgehead atoms. The van der Waals surface area contributed by atoms with E-state index < -0.39 is 35.7 Å². The van der Waals surface area contributed by atoms with Gasteiger partial charge in [0.2, 0.25) is 5.91 Å². The fourth-order valence-corrected chi connectivity index (χ4v) is 3.14. The minimum absolute atomic E-state index is 0.0160. The van der Waals surface area contributed by atoms with E-state index in [1.807, 2.05) is 5.32 Å². The Morgan fingerprint density at radius 1 is 0.921 bits per heavy atom. The van der Waals surface area contributed by atoms with Gasteiger partial charge in [-0.2, -0.15) is 0 Å². The highest BCUT2D eigenvalue weighted by Gasteiger charge is 2.48. The Bertz CT molecular complexity index is 1310. The fraction of sp³-hybridized carbons (Fsp3) is 0.231. The van der Waals surface area contributed by atoms with Crippen LogP contribution in [0.4, 0.5) is 19.3 Å². The topological polar surface area (TPSA) is 149 Å². The van der Waals surface area contributed by atoms with Crippen molar-refractivity contribution in [1.82, 2.24) is 21.4 Å². The van der Waals surface area contributed by atoms with Crippen LogP contribution in [0.3, 0.4) is 0 Å². The third-order valence-corrected chi connectivity index (χ3v) is 5.14. The van der Waals surface area contributed by atoms with Gasteiger partial charge in [0, 0.05) is 36.3 Å². The van der Waals surface area contributed by atoms with Gasteiger partial charge in [0.15, 0.2) is 0 Å². The summed E-state index contributed by atoms with van der Waals surface area (Å²) in [5.41, 5.74) is 0.517. The molecule has 6 N–H and O–H groups in total. The van der Waals surface area contributed by atoms with Crippen molar-refractivity contribution < 1.29 is 33.2 Å². The lowest BCUT2D eigenvalue weighted by Crippen LogP contribution is -2.68. The monoisotopic (exact) mass is 525 g/mol. The third kappa shape index (κ3) is 8.05. The summed E-state index contributed by atoms with van der Waals surface area (Å²) < 4.78 is 27.5. The van der Waals surface area contributed by atoms with Gasteiger partial charge in [0.1, 0.15) is 11.6 Å². The van der Waals surface area contributed by atoms with Crippen molar-refractivity contribution in [3.63, 3.8) is 0 Å². The maximum Gasteiger partial charge on any atom is 0.318 e. The van der Waals surface area contributed by atoms with Crippen LogP contribution in [-0.4, -0.2) is 54.0 Å². The van der Waals surface area contributed by atoms with E-state index in [0.29, 0.717) is 16.8 Å². The number of carbonyl (C=O) groups is 4. The van der Waals surface area contributed by atoms with Gasteiger partial charge in [-0.25, -0.2) is 19.1 Å². The van der Waals surface area contributed by atoms with Crippen molar-refractivity contribution in [1.29, 1.82) is 0 Å². The number of amides is 5. The molecule has 198 valence electrons. The summed E-state index contributed by atoms with van der Waals surface area (Å²) in [6.07, 6.45) is -3.26. The molecule has 0 spiro atoms. The van der Waals surface area contributed by atoms with Crippen LogP contribution in [0.25, 0.3) is 0 Å². The quantitative estimate of drug-likeness (QED) is 0.185. The van der Waals surface area contributed by atoms with Crippen LogP contribution in [0.1, 0.15) is 35.3 Å². The zero-order valence-electron chi connectivity index (χ0n) is 20.6. The van der Waals surface area contributed by atoms with E-state index in [9.17, 15) is 28.0 Å². The average Bonchev–Trinajstić information content (AvgIpc) is 2.89. The molecule has 10 nitrogen and oxygen atoms in total. The van der Waals surface area contributed by atoms with Crippen molar-refractivity contribution in [2.75, 3.05) is 12.4 Å². The number of anilines is 1. The predicted octanol–water partition coefficient (Wildman–Crippen LogP) is 1.60. The first-order valence-electron chi connectivity index (χ1n) is 11.0. The van der Waals surface area contributed by atoms with Gasteiger partial charge in [-0.3, -0.25) is 19.6 Å². The van der Waals surface area contributed by atoms with Crippen LogP contribution in [0.5, 0.6) is 0 Å². The van der Waals surface area contributed by atoms with Crippen molar-refractivity contribution in [2.24, 2.45) is 0 Å². The van der Waals surface area contributed by atoms with Crippen molar-refractivity contribution in [2.45, 2.75) is 31.9 Å². The number of halogens is 2. The Labute approximate surface area is 217 Å². The summed E-state index contributed by atoms with van der Waals surface area (Å²) >= 11 is 0. The van der Waals surface area contributed by atoms with Gasteiger partial charge in [-0.15, -0.1) is 0 Å². The zero-order chi connectivity index (χ0) is 28.3. The van der Waals surface area contributed by atoms with Crippen LogP contribution >= 0.6 is 0 Å². The van der Waals surface area contributed by atoms with Crippen LogP contribution in [0.15, 0.2) is 48.5 Å². The average molecular weight is 526 g/mol. The van der Waals surface area contributed by atoms with E-state index in [1.54, 1.807) is 24.3 Å². The maximum absolute atomic E-state index is 13.8. The Morgan fingerprint density at radius 3 is 1.89 bits per heavy atom. The molecule has 2 atom stereocenters. The van der Waals surface area contributed by atoms with E-state index in [2.05, 4.69) is 39.6 Å². The second-order valence-corrected chi connectivity index (χ2v) is 8.01. The molecule has 1 unspecified atom stereocenters. The van der Waals surface area contributed by atoms with Gasteiger partial charge in [0.05, 0.1) is 0 Å². The standard InChI is InChI=1S/C26H25F2N5O5/c1-16(34)32-26(2,24(27)28)21(23(36)33-38)31-22(35)19-12-8-17(9-13-19)6-4-5-7-18-10-14-20(15-11-18)30-25(37)29-3/h8-15,21,24,38H,1-3H3,(H,31,35)(H,32,34)(H,33,36)(H2,29,30,37)/t21-,26?/m1/s1. The number of hydrogen-bond donors (Lipinski definition) is 6. The first kappa shape index (κ1) is 29.3. The molecule has 0 radical (unpaired) electrons. The van der Waals surface area contributed by atoms with E-state index in [-0.39, 0.29) is 11.6 Å². The van der Waals surface area contributed by atoms with Crippen molar-refractivity contribution in [3.05, 3.63) is 65.2 Å². The highest BCUT2D eigenvalue weighted by Crippen LogP contribution is 2.21. The number of hydrogen-bond acceptors (Lipinski definition) is 5. The van der Waals surface area contributed by atoms with Crippen LogP contribution in [0, 0.1) is 23.7 Å². The zero-order valence-corrected chi connectivity index (χ0v) is 20.6. The molecule has 0 saturated carbocycles. The van der Waals surface area contributed by atoms with Gasteiger partial charge in [-0.1, -0.05) is 11.8 Å². The summed E-state index contributed by atoms with van der Waals surface area (Å²) in [5.74, 6) is 7.89. The van der Waals surface area contributed by atoms with Crippen LogP contribution < -0.4 is 26.7 Å². The number of urea groups is 1. The van der Waals surface area contributed by atoms with E-state index in [1.165, 1.54) is 36.8 Å². The number of benzene rings is 2. The van der Waals surface area contributed by atoms with Gasteiger partial charge in [-0.05, 0) is 67.3 Å². The second-order valence-electron chi connectivity index (χ2n) is 8.01. The normalized spacial score (nSPS) is 12.3. The SMILES string of the molecule is CNC(=O)Nc1ccc(C#CC#Cc2ccc(C(=O)N[C@H](C(=O)NO)C(C)(NC(C)=O)C(F)F)cc2)cc1. The smallest absolute Gasteiger partial charge is 0.318 e. The van der Waals surface area contributed by atoms with E-state index in [4.69, 9.17) is 5.21 Å². The van der Waals surface area contributed by atoms with Gasteiger partial charge in [0.25, 0.3) is 18.2 Å². The summed E-state index contributed by atoms with van der Waals surface area (Å²) in [7, 11) is 1.51. The minimum Gasteiger partial charge on any atom is -0.343 e. The minimum atomic E-state index is -3.26. The highest BCUT2D eigenvalue weighted by atomic mass is 19.3. The summed E-state index contributed by atoms with van der Waals surface area (Å²) in [6, 6.07) is 10.2. The molecule has 0 aliphatic heterocycles. The second kappa shape index (κ2) is 13.4. The highest BCUT2D eigenvalue weighted by molar-refractivity contribution is 5.98. The molecule has 2 rings (SSSR count). The van der Waals surface area contributed by atoms with Crippen molar-refractivity contribution in [3.8, 4) is 23.7 Å². The summed E-state index contributed by atoms with van der Waals surface area (Å²) in [6.45, 7) is 1.85. The molecule has 0 aliphatic carbocycles. The molecule has 0 saturated heterocycles. The van der Waals surface area contributed by atoms with E-state index in [0.717, 1.165) is 13.8 Å².